The SMILES string of the molecule is Cc1nc(S[C@H](C(=O)[O-])c2ccccc2)nc2ccccc12. The van der Waals surface area contributed by atoms with Crippen molar-refractivity contribution in [2.24, 2.45) is 0 Å². The van der Waals surface area contributed by atoms with E-state index < -0.39 is 11.2 Å². The molecule has 1 atom stereocenters. The van der Waals surface area contributed by atoms with Crippen LogP contribution < -0.4 is 5.11 Å². The maximum atomic E-state index is 11.5. The third kappa shape index (κ3) is 2.94. The Hall–Kier alpha value is -2.40. The lowest BCUT2D eigenvalue weighted by Gasteiger charge is -2.17. The predicted octanol–water partition coefficient (Wildman–Crippen LogP) is 2.52. The van der Waals surface area contributed by atoms with E-state index in [4.69, 9.17) is 0 Å². The summed E-state index contributed by atoms with van der Waals surface area (Å²) in [5.74, 6) is -1.15. The number of carbonyl (C=O) groups is 1. The van der Waals surface area contributed by atoms with E-state index in [1.54, 1.807) is 24.3 Å². The number of nitrogens with zero attached hydrogens (tertiary/aromatic N) is 2. The predicted molar refractivity (Wildman–Crippen MR) is 84.3 cm³/mol. The highest BCUT2D eigenvalue weighted by Crippen LogP contribution is 2.33. The van der Waals surface area contributed by atoms with Gasteiger partial charge in [0.2, 0.25) is 0 Å². The molecule has 0 saturated carbocycles. The largest absolute Gasteiger partial charge is 0.549 e. The highest BCUT2D eigenvalue weighted by atomic mass is 32.2. The van der Waals surface area contributed by atoms with Gasteiger partial charge in [-0.1, -0.05) is 60.3 Å². The average molecular weight is 309 g/mol. The first-order valence-corrected chi connectivity index (χ1v) is 7.69. The zero-order valence-corrected chi connectivity index (χ0v) is 12.7. The molecule has 0 fully saturated rings. The van der Waals surface area contributed by atoms with E-state index in [9.17, 15) is 9.90 Å². The first-order chi connectivity index (χ1) is 10.6. The van der Waals surface area contributed by atoms with E-state index in [1.807, 2.05) is 37.3 Å². The van der Waals surface area contributed by atoms with E-state index >= 15 is 0 Å². The lowest BCUT2D eigenvalue weighted by Crippen LogP contribution is -2.28. The Kier molecular flexibility index (Phi) is 4.06. The van der Waals surface area contributed by atoms with Crippen molar-refractivity contribution in [1.82, 2.24) is 9.97 Å². The number of carboxylic acids is 1. The van der Waals surface area contributed by atoms with Crippen LogP contribution in [0.5, 0.6) is 0 Å². The van der Waals surface area contributed by atoms with Gasteiger partial charge in [-0.3, -0.25) is 0 Å². The number of carboxylic acid groups (broad SMARTS) is 1. The van der Waals surface area contributed by atoms with Gasteiger partial charge in [0.05, 0.1) is 16.7 Å². The fraction of sp³-hybridized carbons (Fsp3) is 0.118. The minimum absolute atomic E-state index is 0.439. The number of fused-ring (bicyclic) bond motifs is 1. The van der Waals surface area contributed by atoms with Gasteiger partial charge >= 0.3 is 0 Å². The van der Waals surface area contributed by atoms with Crippen LogP contribution in [0.1, 0.15) is 16.5 Å². The fourth-order valence-corrected chi connectivity index (χ4v) is 3.19. The van der Waals surface area contributed by atoms with Crippen LogP contribution in [0, 0.1) is 6.92 Å². The maximum Gasteiger partial charge on any atom is 0.189 e. The minimum Gasteiger partial charge on any atom is -0.549 e. The van der Waals surface area contributed by atoms with Gasteiger partial charge in [0.1, 0.15) is 0 Å². The molecule has 0 bridgehead atoms. The van der Waals surface area contributed by atoms with Gasteiger partial charge in [-0.05, 0) is 18.6 Å². The monoisotopic (exact) mass is 309 g/mol. The molecule has 0 saturated heterocycles. The molecule has 3 rings (SSSR count). The summed E-state index contributed by atoms with van der Waals surface area (Å²) in [6.07, 6.45) is 0. The highest BCUT2D eigenvalue weighted by Gasteiger charge is 2.17. The molecule has 110 valence electrons. The fourth-order valence-electron chi connectivity index (χ4n) is 2.25. The van der Waals surface area contributed by atoms with Gasteiger partial charge < -0.3 is 9.90 Å². The van der Waals surface area contributed by atoms with Gasteiger partial charge in [0.25, 0.3) is 0 Å². The first-order valence-electron chi connectivity index (χ1n) is 6.81. The molecule has 5 heteroatoms. The third-order valence-corrected chi connectivity index (χ3v) is 4.41. The van der Waals surface area contributed by atoms with Crippen molar-refractivity contribution in [3.63, 3.8) is 0 Å². The Morgan fingerprint density at radius 2 is 1.73 bits per heavy atom. The number of aryl methyl sites for hydroxylation is 1. The van der Waals surface area contributed by atoms with Crippen LogP contribution in [0.25, 0.3) is 10.9 Å². The minimum atomic E-state index is -1.15. The standard InChI is InChI=1S/C17H14N2O2S/c1-11-13-9-5-6-10-14(13)19-17(18-11)22-15(16(20)21)12-7-3-2-4-8-12/h2-10,15H,1H3,(H,20,21)/p-1/t15-/m0/s1. The quantitative estimate of drug-likeness (QED) is 0.547. The van der Waals surface area contributed by atoms with E-state index in [1.165, 1.54) is 0 Å². The van der Waals surface area contributed by atoms with Gasteiger partial charge in [-0.25, -0.2) is 9.97 Å². The lowest BCUT2D eigenvalue weighted by molar-refractivity contribution is -0.305. The topological polar surface area (TPSA) is 65.9 Å². The number of hydrogen-bond acceptors (Lipinski definition) is 5. The summed E-state index contributed by atoms with van der Waals surface area (Å²) in [6.45, 7) is 1.89. The zero-order valence-electron chi connectivity index (χ0n) is 11.9. The van der Waals surface area contributed by atoms with Crippen LogP contribution in [0.15, 0.2) is 59.8 Å². The Morgan fingerprint density at radius 1 is 1.05 bits per heavy atom. The summed E-state index contributed by atoms with van der Waals surface area (Å²) in [5, 5.41) is 12.0. The van der Waals surface area contributed by atoms with Crippen molar-refractivity contribution in [2.75, 3.05) is 0 Å². The molecule has 22 heavy (non-hydrogen) atoms. The molecule has 0 radical (unpaired) electrons. The molecule has 0 amide bonds. The number of thioether (sulfide) groups is 1. The summed E-state index contributed by atoms with van der Waals surface area (Å²) in [7, 11) is 0. The number of rotatable bonds is 4. The lowest BCUT2D eigenvalue weighted by atomic mass is 10.1. The van der Waals surface area contributed by atoms with Crippen LogP contribution >= 0.6 is 11.8 Å². The van der Waals surface area contributed by atoms with E-state index in [2.05, 4.69) is 9.97 Å². The smallest absolute Gasteiger partial charge is 0.189 e. The molecule has 0 spiro atoms. The van der Waals surface area contributed by atoms with Crippen LogP contribution in [-0.4, -0.2) is 15.9 Å². The molecule has 3 aromatic rings. The number of hydrogen-bond donors (Lipinski definition) is 0. The number of para-hydroxylation sites is 1. The summed E-state index contributed by atoms with van der Waals surface area (Å²) in [4.78, 5) is 20.3. The Morgan fingerprint density at radius 3 is 2.45 bits per heavy atom. The Labute approximate surface area is 132 Å². The van der Waals surface area contributed by atoms with Gasteiger partial charge in [0, 0.05) is 11.1 Å². The van der Waals surface area contributed by atoms with Gasteiger partial charge in [-0.15, -0.1) is 0 Å². The summed E-state index contributed by atoms with van der Waals surface area (Å²) in [5.41, 5.74) is 2.31. The van der Waals surface area contributed by atoms with E-state index in [0.717, 1.165) is 28.4 Å². The molecule has 0 unspecified atom stereocenters. The van der Waals surface area contributed by atoms with Crippen LogP contribution in [0.4, 0.5) is 0 Å². The van der Waals surface area contributed by atoms with E-state index in [0.29, 0.717) is 10.7 Å². The first kappa shape index (κ1) is 14.5. The molecule has 0 aliphatic rings. The second-order valence-electron chi connectivity index (χ2n) is 4.84. The molecule has 1 aromatic heterocycles. The van der Waals surface area contributed by atoms with Gasteiger partial charge in [0.15, 0.2) is 5.16 Å². The van der Waals surface area contributed by atoms with Gasteiger partial charge in [-0.2, -0.15) is 0 Å². The van der Waals surface area contributed by atoms with Crippen molar-refractivity contribution in [3.8, 4) is 0 Å². The number of carbonyl (C=O) groups excluding carboxylic acids is 1. The summed E-state index contributed by atoms with van der Waals surface area (Å²) < 4.78 is 0. The van der Waals surface area contributed by atoms with Crippen molar-refractivity contribution >= 4 is 28.6 Å². The maximum absolute atomic E-state index is 11.5. The van der Waals surface area contributed by atoms with Crippen molar-refractivity contribution < 1.29 is 9.90 Å². The molecule has 0 N–H and O–H groups in total. The summed E-state index contributed by atoms with van der Waals surface area (Å²) >= 11 is 1.09. The highest BCUT2D eigenvalue weighted by molar-refractivity contribution is 8.00. The Balaban J connectivity index is 1.98. The normalized spacial score (nSPS) is 12.2. The molecule has 1 heterocycles. The molecule has 0 aliphatic carbocycles. The summed E-state index contributed by atoms with van der Waals surface area (Å²) in [6, 6.07) is 16.7. The number of aliphatic carboxylic acids is 1. The third-order valence-electron chi connectivity index (χ3n) is 3.31. The number of aromatic nitrogens is 2. The molecule has 2 aromatic carbocycles. The van der Waals surface area contributed by atoms with Crippen molar-refractivity contribution in [1.29, 1.82) is 0 Å². The number of benzene rings is 2. The molecular formula is C17H13N2O2S-. The van der Waals surface area contributed by atoms with E-state index in [-0.39, 0.29) is 0 Å². The average Bonchev–Trinajstić information content (AvgIpc) is 2.53. The van der Waals surface area contributed by atoms with Crippen LogP contribution in [0.3, 0.4) is 0 Å². The van der Waals surface area contributed by atoms with Crippen LogP contribution in [0.2, 0.25) is 0 Å². The second kappa shape index (κ2) is 6.15. The van der Waals surface area contributed by atoms with Crippen molar-refractivity contribution in [3.05, 3.63) is 65.9 Å². The van der Waals surface area contributed by atoms with Crippen LogP contribution in [-0.2, 0) is 4.79 Å². The zero-order chi connectivity index (χ0) is 15.5. The molecular weight excluding hydrogens is 296 g/mol. The molecule has 0 aliphatic heterocycles. The van der Waals surface area contributed by atoms with Crippen molar-refractivity contribution in [2.45, 2.75) is 17.3 Å². The second-order valence-corrected chi connectivity index (χ2v) is 5.91. The Bertz CT molecular complexity index is 821. The molecule has 4 nitrogen and oxygen atoms in total.